The van der Waals surface area contributed by atoms with E-state index in [0.29, 0.717) is 23.2 Å². The summed E-state index contributed by atoms with van der Waals surface area (Å²) in [5.74, 6) is -0.0366. The molecule has 2 unspecified atom stereocenters. The predicted octanol–water partition coefficient (Wildman–Crippen LogP) is 5.64. The minimum atomic E-state index is -1.19. The van der Waals surface area contributed by atoms with Crippen LogP contribution in [0.15, 0.2) is 36.4 Å². The molecule has 0 radical (unpaired) electrons. The quantitative estimate of drug-likeness (QED) is 0.542. The van der Waals surface area contributed by atoms with Crippen LogP contribution < -0.4 is 0 Å². The van der Waals surface area contributed by atoms with Crippen LogP contribution in [0.4, 0.5) is 8.78 Å². The average molecular weight is 455 g/mol. The van der Waals surface area contributed by atoms with Crippen molar-refractivity contribution < 1.29 is 18.7 Å². The lowest BCUT2D eigenvalue weighted by Gasteiger charge is -2.40. The maximum Gasteiger partial charge on any atom is 0.226 e. The molecule has 3 aromatic rings. The lowest BCUT2D eigenvalue weighted by atomic mass is 9.76. The van der Waals surface area contributed by atoms with E-state index in [4.69, 9.17) is 0 Å². The standard InChI is InChI=1S/C27H32F2N2O2/c1-27(33,16-30-13-5-8-21(26(30)32)18-6-3-2-4-7-18)17-31-24-11-9-19(28)14-22(24)23-15-20(29)10-12-25(23)31/h9-12,14-15,18,21,33H,2-8,13,16-17H2,1H3. The summed E-state index contributed by atoms with van der Waals surface area (Å²) in [6.45, 7) is 2.89. The summed E-state index contributed by atoms with van der Waals surface area (Å²) in [4.78, 5) is 15.2. The fourth-order valence-electron chi connectivity index (χ4n) is 6.12. The van der Waals surface area contributed by atoms with Gasteiger partial charge >= 0.3 is 0 Å². The van der Waals surface area contributed by atoms with E-state index in [1.54, 1.807) is 19.1 Å². The highest BCUT2D eigenvalue weighted by Gasteiger charge is 2.38. The Labute approximate surface area is 193 Å². The number of carbonyl (C=O) groups excluding carboxylic acids is 1. The highest BCUT2D eigenvalue weighted by atomic mass is 19.1. The number of β-amino-alcohol motifs (C(OH)–C–C–N with tert-alkyl or cyclic N) is 1. The van der Waals surface area contributed by atoms with Crippen LogP contribution in [0.25, 0.3) is 21.8 Å². The number of nitrogens with zero attached hydrogens (tertiary/aromatic N) is 2. The largest absolute Gasteiger partial charge is 0.386 e. The molecular weight excluding hydrogens is 422 g/mol. The molecule has 2 fully saturated rings. The van der Waals surface area contributed by atoms with Gasteiger partial charge in [-0.1, -0.05) is 19.3 Å². The molecule has 4 nitrogen and oxygen atoms in total. The molecule has 176 valence electrons. The van der Waals surface area contributed by atoms with E-state index in [0.717, 1.165) is 36.7 Å². The maximum atomic E-state index is 14.0. The number of piperidine rings is 1. The fourth-order valence-corrected chi connectivity index (χ4v) is 6.12. The second kappa shape index (κ2) is 8.71. The average Bonchev–Trinajstić information content (AvgIpc) is 3.07. The van der Waals surface area contributed by atoms with Gasteiger partial charge in [-0.2, -0.15) is 0 Å². The molecule has 1 aliphatic heterocycles. The summed E-state index contributed by atoms with van der Waals surface area (Å²) in [5.41, 5.74) is 0.288. The lowest BCUT2D eigenvalue weighted by Crippen LogP contribution is -2.51. The molecule has 33 heavy (non-hydrogen) atoms. The topological polar surface area (TPSA) is 45.5 Å². The number of fused-ring (bicyclic) bond motifs is 3. The van der Waals surface area contributed by atoms with Gasteiger partial charge in [-0.25, -0.2) is 8.78 Å². The number of carbonyl (C=O) groups is 1. The number of aliphatic hydroxyl groups is 1. The number of hydrogen-bond acceptors (Lipinski definition) is 2. The van der Waals surface area contributed by atoms with E-state index in [1.807, 2.05) is 9.47 Å². The minimum absolute atomic E-state index is 0.0778. The number of halogens is 2. The van der Waals surface area contributed by atoms with Gasteiger partial charge in [0.25, 0.3) is 0 Å². The van der Waals surface area contributed by atoms with Gasteiger partial charge in [0.2, 0.25) is 5.91 Å². The molecule has 1 aliphatic carbocycles. The summed E-state index contributed by atoms with van der Waals surface area (Å²) in [5, 5.41) is 12.7. The van der Waals surface area contributed by atoms with E-state index in [1.165, 1.54) is 43.5 Å². The molecule has 2 aromatic carbocycles. The molecule has 2 aliphatic rings. The van der Waals surface area contributed by atoms with Gasteiger partial charge in [-0.3, -0.25) is 4.79 Å². The van der Waals surface area contributed by atoms with Crippen LogP contribution in [0, 0.1) is 23.5 Å². The summed E-state index contributed by atoms with van der Waals surface area (Å²) in [7, 11) is 0. The third kappa shape index (κ3) is 4.37. The smallest absolute Gasteiger partial charge is 0.226 e. The Morgan fingerprint density at radius 2 is 1.52 bits per heavy atom. The van der Waals surface area contributed by atoms with Crippen molar-refractivity contribution in [2.45, 2.75) is 64.0 Å². The first-order chi connectivity index (χ1) is 15.8. The van der Waals surface area contributed by atoms with Crippen molar-refractivity contribution in [1.29, 1.82) is 0 Å². The van der Waals surface area contributed by atoms with E-state index in [9.17, 15) is 18.7 Å². The van der Waals surface area contributed by atoms with Gasteiger partial charge in [0.05, 0.1) is 18.7 Å². The number of aromatic nitrogens is 1. The Morgan fingerprint density at radius 3 is 2.12 bits per heavy atom. The Balaban J connectivity index is 1.41. The van der Waals surface area contributed by atoms with Crippen molar-refractivity contribution in [2.75, 3.05) is 13.1 Å². The molecule has 1 N–H and O–H groups in total. The number of rotatable bonds is 5. The van der Waals surface area contributed by atoms with Crippen LogP contribution in [0.1, 0.15) is 51.9 Å². The van der Waals surface area contributed by atoms with Gasteiger partial charge in [0, 0.05) is 34.3 Å². The Bertz CT molecular complexity index is 1120. The van der Waals surface area contributed by atoms with Crippen LogP contribution in [-0.4, -0.2) is 39.2 Å². The maximum absolute atomic E-state index is 14.0. The van der Waals surface area contributed by atoms with Crippen molar-refractivity contribution in [3.05, 3.63) is 48.0 Å². The summed E-state index contributed by atoms with van der Waals surface area (Å²) in [6.07, 6.45) is 7.87. The fraction of sp³-hybridized carbons (Fsp3) is 0.519. The Hall–Kier alpha value is -2.47. The molecule has 5 rings (SSSR count). The Kier molecular flexibility index (Phi) is 5.89. The van der Waals surface area contributed by atoms with Gasteiger partial charge < -0.3 is 14.6 Å². The van der Waals surface area contributed by atoms with Gasteiger partial charge in [-0.05, 0) is 74.9 Å². The van der Waals surface area contributed by atoms with Gasteiger partial charge in [-0.15, -0.1) is 0 Å². The number of benzene rings is 2. The van der Waals surface area contributed by atoms with Gasteiger partial charge in [0.1, 0.15) is 11.6 Å². The van der Waals surface area contributed by atoms with E-state index in [-0.39, 0.29) is 36.5 Å². The van der Waals surface area contributed by atoms with Crippen molar-refractivity contribution in [3.8, 4) is 0 Å². The molecule has 1 aromatic heterocycles. The van der Waals surface area contributed by atoms with Crippen molar-refractivity contribution in [2.24, 2.45) is 11.8 Å². The van der Waals surface area contributed by atoms with E-state index in [2.05, 4.69) is 0 Å². The first-order valence-corrected chi connectivity index (χ1v) is 12.2. The molecule has 0 spiro atoms. The first kappa shape index (κ1) is 22.3. The van der Waals surface area contributed by atoms with Crippen molar-refractivity contribution in [1.82, 2.24) is 9.47 Å². The van der Waals surface area contributed by atoms with Crippen LogP contribution >= 0.6 is 0 Å². The molecular formula is C27H32F2N2O2. The molecule has 2 atom stereocenters. The molecule has 0 bridgehead atoms. The first-order valence-electron chi connectivity index (χ1n) is 12.2. The van der Waals surface area contributed by atoms with Crippen molar-refractivity contribution >= 4 is 27.7 Å². The zero-order chi connectivity index (χ0) is 23.2. The SMILES string of the molecule is CC(O)(CN1CCCC(C2CCCCC2)C1=O)Cn1c2ccc(F)cc2c2cc(F)ccc21. The van der Waals surface area contributed by atoms with Crippen molar-refractivity contribution in [3.63, 3.8) is 0 Å². The summed E-state index contributed by atoms with van der Waals surface area (Å²) >= 11 is 0. The normalized spacial score (nSPS) is 22.2. The zero-order valence-electron chi connectivity index (χ0n) is 19.2. The molecule has 2 heterocycles. The summed E-state index contributed by atoms with van der Waals surface area (Å²) in [6, 6.07) is 8.92. The zero-order valence-corrected chi connectivity index (χ0v) is 19.2. The van der Waals surface area contributed by atoms with Crippen LogP contribution in [0.2, 0.25) is 0 Å². The molecule has 1 saturated heterocycles. The third-order valence-electron chi connectivity index (χ3n) is 7.61. The second-order valence-corrected chi connectivity index (χ2v) is 10.3. The Morgan fingerprint density at radius 1 is 0.909 bits per heavy atom. The molecule has 1 saturated carbocycles. The number of hydrogen-bond donors (Lipinski definition) is 1. The number of likely N-dealkylation sites (tertiary alicyclic amines) is 1. The van der Waals surface area contributed by atoms with Crippen LogP contribution in [-0.2, 0) is 11.3 Å². The lowest BCUT2D eigenvalue weighted by molar-refractivity contribution is -0.145. The third-order valence-corrected chi connectivity index (χ3v) is 7.61. The number of amides is 1. The highest BCUT2D eigenvalue weighted by Crippen LogP contribution is 2.36. The van der Waals surface area contributed by atoms with Crippen LogP contribution in [0.3, 0.4) is 0 Å². The second-order valence-electron chi connectivity index (χ2n) is 10.3. The highest BCUT2D eigenvalue weighted by molar-refractivity contribution is 6.08. The predicted molar refractivity (Wildman–Crippen MR) is 126 cm³/mol. The minimum Gasteiger partial charge on any atom is -0.386 e. The molecule has 6 heteroatoms. The molecule has 1 amide bonds. The monoisotopic (exact) mass is 454 g/mol. The summed E-state index contributed by atoms with van der Waals surface area (Å²) < 4.78 is 29.8. The van der Waals surface area contributed by atoms with Gasteiger partial charge in [0.15, 0.2) is 0 Å². The van der Waals surface area contributed by atoms with E-state index >= 15 is 0 Å². The van der Waals surface area contributed by atoms with Crippen LogP contribution in [0.5, 0.6) is 0 Å². The van der Waals surface area contributed by atoms with E-state index < -0.39 is 5.60 Å².